The number of amidine groups is 1. The smallest absolute Gasteiger partial charge is 0.264 e. The molecule has 0 radical (unpaired) electrons. The van der Waals surface area contributed by atoms with Gasteiger partial charge in [-0.15, -0.1) is 0 Å². The summed E-state index contributed by atoms with van der Waals surface area (Å²) in [5.74, 6) is 0.431. The summed E-state index contributed by atoms with van der Waals surface area (Å²) in [4.78, 5) is 17.0. The van der Waals surface area contributed by atoms with E-state index in [4.69, 9.17) is 16.3 Å². The second kappa shape index (κ2) is 6.89. The molecule has 2 aromatic carbocycles. The van der Waals surface area contributed by atoms with Gasteiger partial charge in [-0.05, 0) is 47.7 Å². The van der Waals surface area contributed by atoms with E-state index in [1.165, 1.54) is 11.8 Å². The second-order valence-corrected chi connectivity index (χ2v) is 6.15. The average molecular weight is 345 g/mol. The number of halogens is 1. The number of methoxy groups -OCH3 is 1. The molecule has 2 aromatic rings. The Labute approximate surface area is 143 Å². The lowest BCUT2D eigenvalue weighted by atomic mass is 10.2. The fourth-order valence-corrected chi connectivity index (χ4v) is 3.13. The summed E-state index contributed by atoms with van der Waals surface area (Å²) in [7, 11) is 1.56. The summed E-state index contributed by atoms with van der Waals surface area (Å²) >= 11 is 7.40. The molecule has 0 aliphatic carbocycles. The van der Waals surface area contributed by atoms with Gasteiger partial charge in [-0.2, -0.15) is 0 Å². The van der Waals surface area contributed by atoms with Crippen molar-refractivity contribution in [2.24, 2.45) is 4.99 Å². The van der Waals surface area contributed by atoms with Crippen molar-refractivity contribution in [1.29, 1.82) is 0 Å². The molecule has 1 saturated heterocycles. The molecule has 0 unspecified atom stereocenters. The third kappa shape index (κ3) is 3.75. The molecule has 1 aliphatic rings. The van der Waals surface area contributed by atoms with Crippen molar-refractivity contribution in [3.8, 4) is 5.75 Å². The number of hydrogen-bond acceptors (Lipinski definition) is 4. The molecule has 116 valence electrons. The number of benzene rings is 2. The molecule has 4 nitrogen and oxygen atoms in total. The predicted molar refractivity (Wildman–Crippen MR) is 95.3 cm³/mol. The molecule has 1 heterocycles. The fourth-order valence-electron chi connectivity index (χ4n) is 2.02. The standard InChI is InChI=1S/C17H13ClN2O2S/c1-22-14-8-7-11(9-13(14)18)10-15-16(21)20-17(23-15)19-12-5-3-2-4-6-12/h2-10H,1H3,(H,19,20,21)/b15-10+. The van der Waals surface area contributed by atoms with Crippen LogP contribution >= 0.6 is 23.4 Å². The van der Waals surface area contributed by atoms with Crippen molar-refractivity contribution in [3.05, 3.63) is 64.0 Å². The Kier molecular flexibility index (Phi) is 4.69. The Morgan fingerprint density at radius 2 is 2.00 bits per heavy atom. The van der Waals surface area contributed by atoms with Crippen LogP contribution in [0.25, 0.3) is 6.08 Å². The van der Waals surface area contributed by atoms with Crippen molar-refractivity contribution in [2.75, 3.05) is 7.11 Å². The minimum absolute atomic E-state index is 0.170. The summed E-state index contributed by atoms with van der Waals surface area (Å²) in [6, 6.07) is 14.8. The van der Waals surface area contributed by atoms with Gasteiger partial charge in [0, 0.05) is 0 Å². The van der Waals surface area contributed by atoms with E-state index in [9.17, 15) is 4.79 Å². The van der Waals surface area contributed by atoms with Crippen LogP contribution in [-0.2, 0) is 4.79 Å². The van der Waals surface area contributed by atoms with E-state index in [0.29, 0.717) is 20.8 Å². The van der Waals surface area contributed by atoms with Gasteiger partial charge in [0.2, 0.25) is 0 Å². The molecule has 0 bridgehead atoms. The molecule has 1 N–H and O–H groups in total. The first-order valence-electron chi connectivity index (χ1n) is 6.84. The lowest BCUT2D eigenvalue weighted by molar-refractivity contribution is -0.115. The summed E-state index contributed by atoms with van der Waals surface area (Å²) in [5.41, 5.74) is 1.62. The van der Waals surface area contributed by atoms with Gasteiger partial charge in [-0.3, -0.25) is 4.79 Å². The monoisotopic (exact) mass is 344 g/mol. The van der Waals surface area contributed by atoms with Gasteiger partial charge in [0.25, 0.3) is 5.91 Å². The summed E-state index contributed by atoms with van der Waals surface area (Å²) in [6.45, 7) is 0. The molecule has 0 saturated carbocycles. The quantitative estimate of drug-likeness (QED) is 0.847. The van der Waals surface area contributed by atoms with Gasteiger partial charge in [0.1, 0.15) is 5.75 Å². The van der Waals surface area contributed by atoms with Gasteiger partial charge >= 0.3 is 0 Å². The molecule has 0 aromatic heterocycles. The highest BCUT2D eigenvalue weighted by Gasteiger charge is 2.23. The highest BCUT2D eigenvalue weighted by molar-refractivity contribution is 8.18. The molecule has 3 rings (SSSR count). The highest BCUT2D eigenvalue weighted by Crippen LogP contribution is 2.30. The van der Waals surface area contributed by atoms with Crippen molar-refractivity contribution < 1.29 is 9.53 Å². The minimum atomic E-state index is -0.170. The summed E-state index contributed by atoms with van der Waals surface area (Å²) in [6.07, 6.45) is 1.78. The lowest BCUT2D eigenvalue weighted by Gasteiger charge is -2.03. The number of nitrogens with zero attached hydrogens (tertiary/aromatic N) is 1. The topological polar surface area (TPSA) is 50.7 Å². The number of rotatable bonds is 3. The zero-order valence-corrected chi connectivity index (χ0v) is 13.8. The van der Waals surface area contributed by atoms with Crippen LogP contribution in [0, 0.1) is 0 Å². The number of aliphatic imine (C=N–C) groups is 1. The van der Waals surface area contributed by atoms with Gasteiger partial charge in [0.05, 0.1) is 22.7 Å². The van der Waals surface area contributed by atoms with E-state index in [1.54, 1.807) is 25.3 Å². The van der Waals surface area contributed by atoms with Crippen LogP contribution in [-0.4, -0.2) is 18.2 Å². The number of ether oxygens (including phenoxy) is 1. The van der Waals surface area contributed by atoms with Crippen LogP contribution in [0.15, 0.2) is 58.4 Å². The molecule has 1 aliphatic heterocycles. The van der Waals surface area contributed by atoms with Crippen molar-refractivity contribution in [1.82, 2.24) is 5.32 Å². The van der Waals surface area contributed by atoms with E-state index >= 15 is 0 Å². The Hall–Kier alpha value is -2.24. The van der Waals surface area contributed by atoms with E-state index in [0.717, 1.165) is 11.3 Å². The number of carbonyl (C=O) groups excluding carboxylic acids is 1. The van der Waals surface area contributed by atoms with Gasteiger partial charge < -0.3 is 10.1 Å². The van der Waals surface area contributed by atoms with Crippen LogP contribution in [0.2, 0.25) is 5.02 Å². The maximum atomic E-state index is 12.0. The fraction of sp³-hybridized carbons (Fsp3) is 0.0588. The Bertz CT molecular complexity index is 803. The predicted octanol–water partition coefficient (Wildman–Crippen LogP) is 4.24. The first kappa shape index (κ1) is 15.6. The maximum absolute atomic E-state index is 12.0. The molecule has 23 heavy (non-hydrogen) atoms. The maximum Gasteiger partial charge on any atom is 0.264 e. The van der Waals surface area contributed by atoms with E-state index in [2.05, 4.69) is 10.3 Å². The zero-order chi connectivity index (χ0) is 16.2. The molecule has 0 spiro atoms. The SMILES string of the molecule is COc1ccc(/C=C2/SC(=Nc3ccccc3)NC2=O)cc1Cl. The molecule has 6 heteroatoms. The van der Waals surface area contributed by atoms with Crippen molar-refractivity contribution in [2.45, 2.75) is 0 Å². The lowest BCUT2D eigenvalue weighted by Crippen LogP contribution is -2.19. The normalized spacial score (nSPS) is 17.6. The highest BCUT2D eigenvalue weighted by atomic mass is 35.5. The van der Waals surface area contributed by atoms with Crippen LogP contribution < -0.4 is 10.1 Å². The van der Waals surface area contributed by atoms with Crippen molar-refractivity contribution >= 4 is 46.2 Å². The zero-order valence-electron chi connectivity index (χ0n) is 12.2. The molecule has 1 fully saturated rings. The van der Waals surface area contributed by atoms with Crippen LogP contribution in [0.4, 0.5) is 5.69 Å². The van der Waals surface area contributed by atoms with E-state index in [-0.39, 0.29) is 5.91 Å². The number of thioether (sulfide) groups is 1. The van der Waals surface area contributed by atoms with Crippen molar-refractivity contribution in [3.63, 3.8) is 0 Å². The van der Waals surface area contributed by atoms with Gasteiger partial charge in [-0.25, -0.2) is 4.99 Å². The molecule has 1 amide bonds. The Morgan fingerprint density at radius 1 is 1.22 bits per heavy atom. The molecule has 0 atom stereocenters. The number of carbonyl (C=O) groups is 1. The van der Waals surface area contributed by atoms with Gasteiger partial charge in [-0.1, -0.05) is 35.9 Å². The van der Waals surface area contributed by atoms with Crippen LogP contribution in [0.5, 0.6) is 5.75 Å². The number of nitrogens with one attached hydrogen (secondary N) is 1. The first-order valence-corrected chi connectivity index (χ1v) is 8.03. The summed E-state index contributed by atoms with van der Waals surface area (Å²) in [5, 5.41) is 3.82. The van der Waals surface area contributed by atoms with Crippen LogP contribution in [0.1, 0.15) is 5.56 Å². The summed E-state index contributed by atoms with van der Waals surface area (Å²) < 4.78 is 5.12. The average Bonchev–Trinajstić information content (AvgIpc) is 2.88. The third-order valence-corrected chi connectivity index (χ3v) is 4.32. The third-order valence-electron chi connectivity index (χ3n) is 3.11. The largest absolute Gasteiger partial charge is 0.495 e. The Morgan fingerprint density at radius 3 is 2.70 bits per heavy atom. The minimum Gasteiger partial charge on any atom is -0.495 e. The first-order chi connectivity index (χ1) is 11.2. The number of amides is 1. The van der Waals surface area contributed by atoms with Gasteiger partial charge in [0.15, 0.2) is 5.17 Å². The molecular weight excluding hydrogens is 332 g/mol. The number of hydrogen-bond donors (Lipinski definition) is 1. The second-order valence-electron chi connectivity index (χ2n) is 4.71. The molecular formula is C17H13ClN2O2S. The van der Waals surface area contributed by atoms with E-state index in [1.807, 2.05) is 36.4 Å². The Balaban J connectivity index is 1.83. The van der Waals surface area contributed by atoms with E-state index < -0.39 is 0 Å². The number of para-hydroxylation sites is 1. The van der Waals surface area contributed by atoms with Crippen LogP contribution in [0.3, 0.4) is 0 Å².